The van der Waals surface area contributed by atoms with Crippen molar-refractivity contribution < 1.29 is 62.7 Å². The number of alkyl halides is 6. The summed E-state index contributed by atoms with van der Waals surface area (Å²) in [6.07, 6.45) is -4.67. The Labute approximate surface area is 284 Å². The normalized spacial score (nSPS) is 16.8. The second-order valence-corrected chi connectivity index (χ2v) is 14.2. The quantitative estimate of drug-likeness (QED) is 0.103. The van der Waals surface area contributed by atoms with E-state index in [2.05, 4.69) is 8.92 Å². The minimum absolute atomic E-state index is 0.0602. The number of aryl methyl sites for hydroxylation is 1. The number of hydrogen-bond acceptors (Lipinski definition) is 10. The van der Waals surface area contributed by atoms with E-state index < -0.39 is 63.2 Å². The van der Waals surface area contributed by atoms with Crippen LogP contribution in [0.3, 0.4) is 0 Å². The fourth-order valence-corrected chi connectivity index (χ4v) is 6.17. The molecule has 1 atom stereocenters. The molecule has 4 rings (SSSR count). The number of fused-ring (bicyclic) bond motifs is 1. The molecule has 0 amide bonds. The zero-order chi connectivity index (χ0) is 37.4. The molecule has 1 saturated heterocycles. The van der Waals surface area contributed by atoms with Gasteiger partial charge in [0.1, 0.15) is 16.9 Å². The van der Waals surface area contributed by atoms with Crippen molar-refractivity contribution in [2.45, 2.75) is 64.0 Å². The Kier molecular flexibility index (Phi) is 11.1. The predicted molar refractivity (Wildman–Crippen MR) is 169 cm³/mol. The summed E-state index contributed by atoms with van der Waals surface area (Å²) in [4.78, 5) is 28.8. The van der Waals surface area contributed by atoms with Gasteiger partial charge in [0.05, 0.1) is 26.2 Å². The average molecular weight is 738 g/mol. The number of carbonyl (C=O) groups excluding carboxylic acids is 2. The zero-order valence-corrected chi connectivity index (χ0v) is 28.9. The standard InChI is InChI=1S/C32H37F6N3O8S/c1-19-15-25(46-5)23(21-9-11-41(27(19)21)29(43)48-30(2,3)4)17-40-14-13-39(12-10-31(33,34)35)18-24(40)20-7-8-22(28(42)47-6)26(16-20)49-50(44,45)32(36,37)38/h7-9,11,15-16,24H,10,12-14,17-18H2,1-6H3. The number of hydrogen-bond donors (Lipinski definition) is 0. The highest BCUT2D eigenvalue weighted by atomic mass is 32.2. The van der Waals surface area contributed by atoms with Crippen LogP contribution < -0.4 is 8.92 Å². The average Bonchev–Trinajstić information content (AvgIpc) is 3.46. The highest BCUT2D eigenvalue weighted by Crippen LogP contribution is 2.38. The van der Waals surface area contributed by atoms with E-state index in [1.54, 1.807) is 39.8 Å². The molecule has 1 fully saturated rings. The first kappa shape index (κ1) is 38.8. The van der Waals surface area contributed by atoms with Crippen LogP contribution in [0.15, 0.2) is 36.5 Å². The van der Waals surface area contributed by atoms with E-state index >= 15 is 0 Å². The number of benzene rings is 2. The van der Waals surface area contributed by atoms with Gasteiger partial charge in [0, 0.05) is 55.9 Å². The van der Waals surface area contributed by atoms with Gasteiger partial charge in [-0.15, -0.1) is 0 Å². The molecule has 0 N–H and O–H groups in total. The third kappa shape index (κ3) is 8.81. The third-order valence-electron chi connectivity index (χ3n) is 7.97. The fourth-order valence-electron chi connectivity index (χ4n) is 5.70. The molecule has 50 heavy (non-hydrogen) atoms. The van der Waals surface area contributed by atoms with Crippen molar-refractivity contribution in [2.24, 2.45) is 0 Å². The van der Waals surface area contributed by atoms with Gasteiger partial charge < -0.3 is 18.4 Å². The summed E-state index contributed by atoms with van der Waals surface area (Å²) in [5.41, 5.74) is -5.30. The lowest BCUT2D eigenvalue weighted by Crippen LogP contribution is -2.48. The Morgan fingerprint density at radius 3 is 2.22 bits per heavy atom. The molecule has 3 aromatic rings. The lowest BCUT2D eigenvalue weighted by molar-refractivity contribution is -0.139. The SMILES string of the molecule is COC(=O)c1ccc(C2CN(CCC(F)(F)F)CCN2Cc2c(OC)cc(C)c3c2ccn3C(=O)OC(C)(C)C)cc1OS(=O)(=O)C(F)(F)F. The topological polar surface area (TPSA) is 117 Å². The Bertz CT molecular complexity index is 1850. The highest BCUT2D eigenvalue weighted by molar-refractivity contribution is 7.88. The first-order valence-electron chi connectivity index (χ1n) is 15.2. The van der Waals surface area contributed by atoms with Gasteiger partial charge in [-0.1, -0.05) is 6.07 Å². The highest BCUT2D eigenvalue weighted by Gasteiger charge is 2.49. The van der Waals surface area contributed by atoms with Crippen LogP contribution in [-0.2, 0) is 26.1 Å². The molecule has 1 unspecified atom stereocenters. The minimum Gasteiger partial charge on any atom is -0.496 e. The zero-order valence-electron chi connectivity index (χ0n) is 28.1. The van der Waals surface area contributed by atoms with E-state index in [1.807, 2.05) is 4.90 Å². The lowest BCUT2D eigenvalue weighted by atomic mass is 9.97. The molecule has 11 nitrogen and oxygen atoms in total. The first-order valence-corrected chi connectivity index (χ1v) is 16.6. The number of aromatic nitrogens is 1. The second kappa shape index (κ2) is 14.3. The second-order valence-electron chi connectivity index (χ2n) is 12.7. The van der Waals surface area contributed by atoms with Crippen molar-refractivity contribution in [3.05, 3.63) is 58.8 Å². The molecule has 276 valence electrons. The van der Waals surface area contributed by atoms with Gasteiger partial charge >= 0.3 is 33.9 Å². The van der Waals surface area contributed by atoms with E-state index in [0.29, 0.717) is 27.8 Å². The van der Waals surface area contributed by atoms with Gasteiger partial charge in [0.25, 0.3) is 0 Å². The number of halogens is 6. The molecule has 18 heteroatoms. The molecule has 2 aromatic carbocycles. The lowest BCUT2D eigenvalue weighted by Gasteiger charge is -2.42. The van der Waals surface area contributed by atoms with E-state index in [1.165, 1.54) is 28.8 Å². The van der Waals surface area contributed by atoms with Crippen LogP contribution in [0.25, 0.3) is 10.9 Å². The maximum atomic E-state index is 13.3. The van der Waals surface area contributed by atoms with Crippen molar-refractivity contribution in [3.8, 4) is 11.5 Å². The van der Waals surface area contributed by atoms with Crippen molar-refractivity contribution in [3.63, 3.8) is 0 Å². The number of nitrogens with zero attached hydrogens (tertiary/aromatic N) is 3. The molecule has 0 radical (unpaired) electrons. The Morgan fingerprint density at radius 1 is 0.960 bits per heavy atom. The number of rotatable bonds is 9. The van der Waals surface area contributed by atoms with Crippen LogP contribution in [0.1, 0.15) is 60.3 Å². The van der Waals surface area contributed by atoms with Crippen molar-refractivity contribution in [1.82, 2.24) is 14.4 Å². The van der Waals surface area contributed by atoms with Crippen LogP contribution in [0.5, 0.6) is 11.5 Å². The monoisotopic (exact) mass is 737 g/mol. The van der Waals surface area contributed by atoms with Crippen LogP contribution >= 0.6 is 0 Å². The van der Waals surface area contributed by atoms with Crippen LogP contribution in [-0.4, -0.2) is 92.5 Å². The summed E-state index contributed by atoms with van der Waals surface area (Å²) in [6.45, 7) is 6.91. The third-order valence-corrected chi connectivity index (χ3v) is 8.93. The Morgan fingerprint density at radius 2 is 1.64 bits per heavy atom. The first-order chi connectivity index (χ1) is 23.0. The molecular weight excluding hydrogens is 700 g/mol. The molecular formula is C32H37F6N3O8S. The van der Waals surface area contributed by atoms with E-state index in [9.17, 15) is 44.3 Å². The maximum Gasteiger partial charge on any atom is 0.534 e. The van der Waals surface area contributed by atoms with Gasteiger partial charge in [-0.2, -0.15) is 34.8 Å². The minimum atomic E-state index is -6.23. The fraction of sp³-hybridized carbons (Fsp3) is 0.500. The molecule has 0 aliphatic carbocycles. The summed E-state index contributed by atoms with van der Waals surface area (Å²) in [7, 11) is -3.85. The summed E-state index contributed by atoms with van der Waals surface area (Å²) in [5, 5.41) is 0.604. The number of esters is 1. The molecule has 2 heterocycles. The molecule has 0 bridgehead atoms. The summed E-state index contributed by atoms with van der Waals surface area (Å²) < 4.78 is 125. The summed E-state index contributed by atoms with van der Waals surface area (Å²) in [6, 6.07) is 5.85. The largest absolute Gasteiger partial charge is 0.534 e. The van der Waals surface area contributed by atoms with E-state index in [0.717, 1.165) is 19.2 Å². The van der Waals surface area contributed by atoms with Crippen molar-refractivity contribution in [2.75, 3.05) is 40.4 Å². The summed E-state index contributed by atoms with van der Waals surface area (Å²) in [5.74, 6) is -1.72. The Balaban J connectivity index is 1.82. The van der Waals surface area contributed by atoms with Crippen LogP contribution in [0.4, 0.5) is 31.1 Å². The molecule has 0 saturated carbocycles. The molecule has 1 aliphatic rings. The number of piperazine rings is 1. The predicted octanol–water partition coefficient (Wildman–Crippen LogP) is 6.57. The number of carbonyl (C=O) groups is 2. The van der Waals surface area contributed by atoms with Crippen LogP contribution in [0.2, 0.25) is 0 Å². The maximum absolute atomic E-state index is 13.3. The van der Waals surface area contributed by atoms with Gasteiger partial charge in [0.2, 0.25) is 0 Å². The van der Waals surface area contributed by atoms with Gasteiger partial charge in [-0.3, -0.25) is 14.4 Å². The molecule has 1 aromatic heterocycles. The van der Waals surface area contributed by atoms with Crippen molar-refractivity contribution >= 4 is 33.1 Å². The smallest absolute Gasteiger partial charge is 0.496 e. The van der Waals surface area contributed by atoms with E-state index in [4.69, 9.17) is 9.47 Å². The number of ether oxygens (including phenoxy) is 3. The van der Waals surface area contributed by atoms with Crippen molar-refractivity contribution in [1.29, 1.82) is 0 Å². The van der Waals surface area contributed by atoms with E-state index in [-0.39, 0.29) is 38.3 Å². The summed E-state index contributed by atoms with van der Waals surface area (Å²) >= 11 is 0. The Hall–Kier alpha value is -4.03. The van der Waals surface area contributed by atoms with Gasteiger partial charge in [-0.25, -0.2) is 9.59 Å². The van der Waals surface area contributed by atoms with Gasteiger partial charge in [0.15, 0.2) is 5.75 Å². The molecule has 1 aliphatic heterocycles. The molecule has 0 spiro atoms. The number of methoxy groups -OCH3 is 2. The van der Waals surface area contributed by atoms with Gasteiger partial charge in [-0.05, 0) is 63.1 Å². The van der Waals surface area contributed by atoms with Crippen LogP contribution in [0, 0.1) is 6.92 Å².